The second-order valence-corrected chi connectivity index (χ2v) is 3.50. The first kappa shape index (κ1) is 12.1. The van der Waals surface area contributed by atoms with Crippen LogP contribution in [-0.4, -0.2) is 30.3 Å². The number of ether oxygens (including phenoxy) is 2. The van der Waals surface area contributed by atoms with Crippen molar-refractivity contribution >= 4 is 16.9 Å². The van der Waals surface area contributed by atoms with Crippen LogP contribution in [0.5, 0.6) is 11.6 Å². The Morgan fingerprint density at radius 3 is 2.61 bits per heavy atom. The molecule has 0 radical (unpaired) electrons. The summed E-state index contributed by atoms with van der Waals surface area (Å²) >= 11 is 0. The Morgan fingerprint density at radius 1 is 1.33 bits per heavy atom. The van der Waals surface area contributed by atoms with Gasteiger partial charge in [0.05, 0.1) is 14.2 Å². The Bertz CT molecular complexity index is 627. The topological polar surface area (TPSA) is 68.7 Å². The van der Waals surface area contributed by atoms with Crippen LogP contribution in [0.15, 0.2) is 18.2 Å². The summed E-state index contributed by atoms with van der Waals surface area (Å²) in [5.41, 5.74) is 0.0245. The standard InChI is InChI=1S/C12H10FNO4/c1-17-9-4-3-8(13)6-5-7(12(15)16)11(18-2)14-10(6)9/h3-5H,1-2H3,(H,15,16). The SMILES string of the molecule is COc1nc2c(OC)ccc(F)c2cc1C(=O)O. The molecule has 0 bridgehead atoms. The molecule has 2 aromatic rings. The van der Waals surface area contributed by atoms with Gasteiger partial charge in [0.1, 0.15) is 22.6 Å². The second-order valence-electron chi connectivity index (χ2n) is 3.50. The van der Waals surface area contributed by atoms with Crippen LogP contribution >= 0.6 is 0 Å². The van der Waals surface area contributed by atoms with Crippen molar-refractivity contribution in [3.05, 3.63) is 29.6 Å². The monoisotopic (exact) mass is 251 g/mol. The average molecular weight is 251 g/mol. The van der Waals surface area contributed by atoms with E-state index in [1.54, 1.807) is 0 Å². The van der Waals surface area contributed by atoms with Gasteiger partial charge in [0.15, 0.2) is 0 Å². The van der Waals surface area contributed by atoms with E-state index < -0.39 is 11.8 Å². The predicted molar refractivity (Wildman–Crippen MR) is 61.8 cm³/mol. The molecule has 1 heterocycles. The largest absolute Gasteiger partial charge is 0.494 e. The minimum absolute atomic E-state index is 0.0764. The van der Waals surface area contributed by atoms with Gasteiger partial charge in [-0.15, -0.1) is 0 Å². The molecule has 0 saturated carbocycles. The molecule has 0 aliphatic carbocycles. The molecule has 0 aliphatic heterocycles. The third-order valence-electron chi connectivity index (χ3n) is 2.50. The molecule has 0 unspecified atom stereocenters. The number of methoxy groups -OCH3 is 2. The zero-order valence-corrected chi connectivity index (χ0v) is 9.73. The highest BCUT2D eigenvalue weighted by atomic mass is 19.1. The zero-order valence-electron chi connectivity index (χ0n) is 9.73. The van der Waals surface area contributed by atoms with Crippen LogP contribution in [0, 0.1) is 5.82 Å². The molecule has 0 aliphatic rings. The lowest BCUT2D eigenvalue weighted by atomic mass is 10.1. The third kappa shape index (κ3) is 1.81. The molecule has 2 rings (SSSR count). The first-order chi connectivity index (χ1) is 8.58. The lowest BCUT2D eigenvalue weighted by Crippen LogP contribution is -2.04. The maximum atomic E-state index is 13.7. The molecule has 94 valence electrons. The summed E-state index contributed by atoms with van der Waals surface area (Å²) in [6.07, 6.45) is 0. The van der Waals surface area contributed by atoms with Gasteiger partial charge in [-0.1, -0.05) is 0 Å². The van der Waals surface area contributed by atoms with Crippen molar-refractivity contribution in [2.24, 2.45) is 0 Å². The van der Waals surface area contributed by atoms with Gasteiger partial charge in [0, 0.05) is 5.39 Å². The van der Waals surface area contributed by atoms with Crippen LogP contribution < -0.4 is 9.47 Å². The first-order valence-electron chi connectivity index (χ1n) is 5.03. The molecule has 0 saturated heterocycles. The summed E-state index contributed by atoms with van der Waals surface area (Å²) in [4.78, 5) is 15.0. The van der Waals surface area contributed by atoms with E-state index in [0.29, 0.717) is 5.75 Å². The van der Waals surface area contributed by atoms with E-state index in [9.17, 15) is 9.18 Å². The number of carboxylic acid groups (broad SMARTS) is 1. The quantitative estimate of drug-likeness (QED) is 0.904. The van der Waals surface area contributed by atoms with Crippen LogP contribution in [0.3, 0.4) is 0 Å². The van der Waals surface area contributed by atoms with Crippen molar-refractivity contribution in [3.63, 3.8) is 0 Å². The lowest BCUT2D eigenvalue weighted by Gasteiger charge is -2.09. The summed E-state index contributed by atoms with van der Waals surface area (Å²) in [5, 5.41) is 9.08. The van der Waals surface area contributed by atoms with Gasteiger partial charge in [-0.2, -0.15) is 0 Å². The van der Waals surface area contributed by atoms with Crippen LogP contribution in [0.2, 0.25) is 0 Å². The van der Waals surface area contributed by atoms with Gasteiger partial charge in [0.2, 0.25) is 5.88 Å². The molecule has 0 fully saturated rings. The van der Waals surface area contributed by atoms with Crippen molar-refractivity contribution in [2.75, 3.05) is 14.2 Å². The van der Waals surface area contributed by atoms with E-state index in [2.05, 4.69) is 4.98 Å². The van der Waals surface area contributed by atoms with Crippen LogP contribution in [0.25, 0.3) is 10.9 Å². The number of pyridine rings is 1. The molecule has 1 N–H and O–H groups in total. The molecular weight excluding hydrogens is 241 g/mol. The Kier molecular flexibility index (Phi) is 3.01. The fourth-order valence-corrected chi connectivity index (χ4v) is 1.66. The molecule has 0 atom stereocenters. The number of benzene rings is 1. The first-order valence-corrected chi connectivity index (χ1v) is 5.03. The normalized spacial score (nSPS) is 10.4. The molecule has 18 heavy (non-hydrogen) atoms. The highest BCUT2D eigenvalue weighted by Gasteiger charge is 2.17. The summed E-state index contributed by atoms with van der Waals surface area (Å²) in [5.74, 6) is -1.53. The van der Waals surface area contributed by atoms with E-state index in [-0.39, 0.29) is 22.3 Å². The summed E-state index contributed by atoms with van der Waals surface area (Å²) in [7, 11) is 2.72. The third-order valence-corrected chi connectivity index (χ3v) is 2.50. The smallest absolute Gasteiger partial charge is 0.341 e. The van der Waals surface area contributed by atoms with E-state index in [0.717, 1.165) is 0 Å². The van der Waals surface area contributed by atoms with Crippen LogP contribution in [0.1, 0.15) is 10.4 Å². The van der Waals surface area contributed by atoms with Crippen LogP contribution in [-0.2, 0) is 0 Å². The second kappa shape index (κ2) is 4.48. The molecular formula is C12H10FNO4. The predicted octanol–water partition coefficient (Wildman–Crippen LogP) is 2.09. The van der Waals surface area contributed by atoms with E-state index in [4.69, 9.17) is 14.6 Å². The van der Waals surface area contributed by atoms with Crippen molar-refractivity contribution < 1.29 is 23.8 Å². The minimum atomic E-state index is -1.23. The van der Waals surface area contributed by atoms with Crippen molar-refractivity contribution in [2.45, 2.75) is 0 Å². The molecule has 5 nitrogen and oxygen atoms in total. The number of rotatable bonds is 3. The summed E-state index contributed by atoms with van der Waals surface area (Å²) in [6, 6.07) is 3.80. The Labute approximate surface area is 102 Å². The zero-order chi connectivity index (χ0) is 13.3. The average Bonchev–Trinajstić information content (AvgIpc) is 2.37. The number of nitrogens with zero attached hydrogens (tertiary/aromatic N) is 1. The number of carboxylic acids is 1. The van der Waals surface area contributed by atoms with Gasteiger partial charge in [0.25, 0.3) is 0 Å². The maximum Gasteiger partial charge on any atom is 0.341 e. The molecule has 1 aromatic carbocycles. The van der Waals surface area contributed by atoms with Gasteiger partial charge >= 0.3 is 5.97 Å². The number of carbonyl (C=O) groups is 1. The van der Waals surface area contributed by atoms with Gasteiger partial charge in [-0.3, -0.25) is 0 Å². The molecule has 0 amide bonds. The molecule has 1 aromatic heterocycles. The van der Waals surface area contributed by atoms with Crippen molar-refractivity contribution in [3.8, 4) is 11.6 Å². The van der Waals surface area contributed by atoms with Crippen molar-refractivity contribution in [1.29, 1.82) is 0 Å². The van der Waals surface area contributed by atoms with E-state index >= 15 is 0 Å². The minimum Gasteiger partial charge on any atom is -0.494 e. The van der Waals surface area contributed by atoms with Crippen molar-refractivity contribution in [1.82, 2.24) is 4.98 Å². The Morgan fingerprint density at radius 2 is 2.06 bits per heavy atom. The van der Waals surface area contributed by atoms with Gasteiger partial charge in [-0.05, 0) is 18.2 Å². The fraction of sp³-hybridized carbons (Fsp3) is 0.167. The Balaban J connectivity index is 2.85. The number of hydrogen-bond acceptors (Lipinski definition) is 4. The van der Waals surface area contributed by atoms with E-state index in [1.165, 1.54) is 32.4 Å². The molecule has 6 heteroatoms. The Hall–Kier alpha value is -2.37. The molecule has 0 spiro atoms. The van der Waals surface area contributed by atoms with E-state index in [1.807, 2.05) is 0 Å². The number of hydrogen-bond donors (Lipinski definition) is 1. The summed E-state index contributed by atoms with van der Waals surface area (Å²) < 4.78 is 23.6. The van der Waals surface area contributed by atoms with Crippen LogP contribution in [0.4, 0.5) is 4.39 Å². The fourth-order valence-electron chi connectivity index (χ4n) is 1.66. The number of aromatic carboxylic acids is 1. The van der Waals surface area contributed by atoms with Gasteiger partial charge < -0.3 is 14.6 Å². The number of aromatic nitrogens is 1. The highest BCUT2D eigenvalue weighted by Crippen LogP contribution is 2.30. The number of halogens is 1. The van der Waals surface area contributed by atoms with Gasteiger partial charge in [-0.25, -0.2) is 14.2 Å². The highest BCUT2D eigenvalue weighted by molar-refractivity contribution is 5.96. The summed E-state index contributed by atoms with van der Waals surface area (Å²) in [6.45, 7) is 0. The lowest BCUT2D eigenvalue weighted by molar-refractivity contribution is 0.0692. The maximum absolute atomic E-state index is 13.7. The number of fused-ring (bicyclic) bond motifs is 1.